The number of nitrogens with zero attached hydrogens (tertiary/aromatic N) is 2. The molecule has 1 heterocycles. The van der Waals surface area contributed by atoms with E-state index in [4.69, 9.17) is 16.3 Å². The highest BCUT2D eigenvalue weighted by Gasteiger charge is 2.19. The normalized spacial score (nSPS) is 15.3. The van der Waals surface area contributed by atoms with Gasteiger partial charge in [-0.05, 0) is 68.1 Å². The molecular weight excluding hydrogens is 360 g/mol. The number of carbonyl (C=O) groups excluding carboxylic acids is 1. The Morgan fingerprint density at radius 2 is 1.70 bits per heavy atom. The van der Waals surface area contributed by atoms with E-state index in [0.717, 1.165) is 18.7 Å². The summed E-state index contributed by atoms with van der Waals surface area (Å²) < 4.78 is 5.73. The van der Waals surface area contributed by atoms with Crippen molar-refractivity contribution in [2.24, 2.45) is 0 Å². The summed E-state index contributed by atoms with van der Waals surface area (Å²) in [7, 11) is 1.81. The summed E-state index contributed by atoms with van der Waals surface area (Å²) in [5, 5.41) is 0.645. The molecule has 1 aliphatic heterocycles. The molecule has 1 atom stereocenters. The van der Waals surface area contributed by atoms with Crippen molar-refractivity contribution in [1.29, 1.82) is 0 Å². The van der Waals surface area contributed by atoms with Gasteiger partial charge in [-0.15, -0.1) is 0 Å². The van der Waals surface area contributed by atoms with Crippen LogP contribution in [0.25, 0.3) is 0 Å². The van der Waals surface area contributed by atoms with Crippen LogP contribution in [0.2, 0.25) is 5.02 Å². The molecule has 1 amide bonds. The Balaban J connectivity index is 1.54. The maximum absolute atomic E-state index is 12.6. The van der Waals surface area contributed by atoms with Crippen LogP contribution in [-0.4, -0.2) is 37.0 Å². The van der Waals surface area contributed by atoms with Crippen LogP contribution < -0.4 is 9.64 Å². The predicted molar refractivity (Wildman–Crippen MR) is 111 cm³/mol. The fraction of sp³-hybridized carbons (Fsp3) is 0.409. The van der Waals surface area contributed by atoms with Gasteiger partial charge in [0.05, 0.1) is 0 Å². The van der Waals surface area contributed by atoms with Crippen molar-refractivity contribution in [3.63, 3.8) is 0 Å². The third kappa shape index (κ3) is 5.39. The van der Waals surface area contributed by atoms with Gasteiger partial charge in [0.25, 0.3) is 5.91 Å². The number of ether oxygens (including phenoxy) is 1. The molecule has 0 aromatic heterocycles. The molecule has 0 bridgehead atoms. The van der Waals surface area contributed by atoms with Crippen molar-refractivity contribution in [3.05, 3.63) is 59.1 Å². The van der Waals surface area contributed by atoms with Crippen LogP contribution in [0.15, 0.2) is 48.5 Å². The molecule has 0 N–H and O–H groups in total. The van der Waals surface area contributed by atoms with Crippen LogP contribution in [0.4, 0.5) is 5.69 Å². The fourth-order valence-electron chi connectivity index (χ4n) is 3.39. The Labute approximate surface area is 166 Å². The van der Waals surface area contributed by atoms with E-state index in [0.29, 0.717) is 17.3 Å². The molecule has 0 spiro atoms. The highest BCUT2D eigenvalue weighted by Crippen LogP contribution is 2.21. The fourth-order valence-corrected chi connectivity index (χ4v) is 3.52. The highest BCUT2D eigenvalue weighted by molar-refractivity contribution is 6.30. The smallest absolute Gasteiger partial charge is 0.263 e. The van der Waals surface area contributed by atoms with Crippen LogP contribution >= 0.6 is 11.6 Å². The lowest BCUT2D eigenvalue weighted by Crippen LogP contribution is -2.37. The van der Waals surface area contributed by atoms with E-state index in [1.165, 1.54) is 24.9 Å². The Morgan fingerprint density at radius 3 is 2.33 bits per heavy atom. The number of carbonyl (C=O) groups is 1. The molecule has 2 aromatic carbocycles. The van der Waals surface area contributed by atoms with E-state index < -0.39 is 6.10 Å². The average molecular weight is 387 g/mol. The zero-order valence-corrected chi connectivity index (χ0v) is 16.8. The van der Waals surface area contributed by atoms with E-state index in [1.807, 2.05) is 7.05 Å². The lowest BCUT2D eigenvalue weighted by Gasteiger charge is -2.29. The first-order chi connectivity index (χ1) is 13.0. The zero-order valence-electron chi connectivity index (χ0n) is 16.0. The molecule has 5 heteroatoms. The number of amides is 1. The molecule has 0 saturated carbocycles. The minimum absolute atomic E-state index is 0.0509. The summed E-state index contributed by atoms with van der Waals surface area (Å²) in [6, 6.07) is 15.6. The molecule has 1 unspecified atom stereocenters. The number of benzene rings is 2. The van der Waals surface area contributed by atoms with Gasteiger partial charge in [0.2, 0.25) is 0 Å². The maximum Gasteiger partial charge on any atom is 0.263 e. The third-order valence-corrected chi connectivity index (χ3v) is 5.18. The van der Waals surface area contributed by atoms with Gasteiger partial charge < -0.3 is 14.5 Å². The summed E-state index contributed by atoms with van der Waals surface area (Å²) >= 11 is 5.88. The summed E-state index contributed by atoms with van der Waals surface area (Å²) in [5.74, 6) is 0.588. The Morgan fingerprint density at radius 1 is 1.07 bits per heavy atom. The van der Waals surface area contributed by atoms with E-state index in [1.54, 1.807) is 36.1 Å². The van der Waals surface area contributed by atoms with Crippen LogP contribution in [-0.2, 0) is 11.3 Å². The van der Waals surface area contributed by atoms with Crippen molar-refractivity contribution in [2.75, 3.05) is 25.0 Å². The molecule has 4 nitrogen and oxygen atoms in total. The summed E-state index contributed by atoms with van der Waals surface area (Å²) in [5.41, 5.74) is 2.39. The molecule has 0 aliphatic carbocycles. The molecule has 144 valence electrons. The van der Waals surface area contributed by atoms with Gasteiger partial charge >= 0.3 is 0 Å². The lowest BCUT2D eigenvalue weighted by molar-refractivity contribution is -0.137. The second kappa shape index (κ2) is 9.14. The third-order valence-electron chi connectivity index (χ3n) is 4.93. The Hall–Kier alpha value is -2.20. The van der Waals surface area contributed by atoms with E-state index in [9.17, 15) is 4.79 Å². The number of piperidine rings is 1. The van der Waals surface area contributed by atoms with E-state index in [-0.39, 0.29) is 5.91 Å². The number of hydrogen-bond acceptors (Lipinski definition) is 3. The minimum Gasteiger partial charge on any atom is -0.481 e. The SMILES string of the molecule is CC(Oc1ccc(Cl)cc1)C(=O)N(C)Cc1ccc(N2CCCCC2)cc1. The van der Waals surface area contributed by atoms with E-state index >= 15 is 0 Å². The number of anilines is 1. The Kier molecular flexibility index (Phi) is 6.62. The van der Waals surface area contributed by atoms with Gasteiger partial charge in [0.1, 0.15) is 5.75 Å². The van der Waals surface area contributed by atoms with Crippen molar-refractivity contribution in [2.45, 2.75) is 38.8 Å². The van der Waals surface area contributed by atoms with Crippen molar-refractivity contribution < 1.29 is 9.53 Å². The summed E-state index contributed by atoms with van der Waals surface area (Å²) in [4.78, 5) is 16.7. The number of hydrogen-bond donors (Lipinski definition) is 0. The van der Waals surface area contributed by atoms with Gasteiger partial charge in [0, 0.05) is 37.4 Å². The molecule has 1 saturated heterocycles. The van der Waals surface area contributed by atoms with Crippen LogP contribution in [0.3, 0.4) is 0 Å². The quantitative estimate of drug-likeness (QED) is 0.717. The van der Waals surface area contributed by atoms with Gasteiger partial charge in [-0.25, -0.2) is 0 Å². The monoisotopic (exact) mass is 386 g/mol. The molecule has 2 aromatic rings. The van der Waals surface area contributed by atoms with Crippen LogP contribution in [0, 0.1) is 0 Å². The average Bonchev–Trinajstić information content (AvgIpc) is 2.70. The molecule has 1 fully saturated rings. The van der Waals surface area contributed by atoms with Crippen LogP contribution in [0.5, 0.6) is 5.75 Å². The standard InChI is InChI=1S/C22H27ClN2O2/c1-17(27-21-12-8-19(23)9-13-21)22(26)24(2)16-18-6-10-20(11-7-18)25-14-4-3-5-15-25/h6-13,17H,3-5,14-16H2,1-2H3. The molecular formula is C22H27ClN2O2. The largest absolute Gasteiger partial charge is 0.481 e. The minimum atomic E-state index is -0.552. The van der Waals surface area contributed by atoms with E-state index in [2.05, 4.69) is 29.2 Å². The number of rotatable bonds is 6. The van der Waals surface area contributed by atoms with Crippen molar-refractivity contribution >= 4 is 23.2 Å². The topological polar surface area (TPSA) is 32.8 Å². The first kappa shape index (κ1) is 19.6. The first-order valence-corrected chi connectivity index (χ1v) is 9.92. The zero-order chi connectivity index (χ0) is 19.2. The van der Waals surface area contributed by atoms with Crippen molar-refractivity contribution in [1.82, 2.24) is 4.90 Å². The van der Waals surface area contributed by atoms with Gasteiger partial charge in [-0.3, -0.25) is 4.79 Å². The molecule has 1 aliphatic rings. The highest BCUT2D eigenvalue weighted by atomic mass is 35.5. The number of halogens is 1. The predicted octanol–water partition coefficient (Wildman–Crippen LogP) is 4.76. The second-order valence-corrected chi connectivity index (χ2v) is 7.56. The van der Waals surface area contributed by atoms with Crippen molar-refractivity contribution in [3.8, 4) is 5.75 Å². The molecule has 27 heavy (non-hydrogen) atoms. The molecule has 3 rings (SSSR count). The summed E-state index contributed by atoms with van der Waals surface area (Å²) in [6.45, 7) is 4.61. The molecule has 0 radical (unpaired) electrons. The second-order valence-electron chi connectivity index (χ2n) is 7.12. The summed E-state index contributed by atoms with van der Waals surface area (Å²) in [6.07, 6.45) is 3.32. The lowest BCUT2D eigenvalue weighted by atomic mass is 10.1. The van der Waals surface area contributed by atoms with Gasteiger partial charge in [-0.1, -0.05) is 23.7 Å². The first-order valence-electron chi connectivity index (χ1n) is 9.54. The van der Waals surface area contributed by atoms with Gasteiger partial charge in [0.15, 0.2) is 6.10 Å². The number of likely N-dealkylation sites (N-methyl/N-ethyl adjacent to an activating group) is 1. The Bertz CT molecular complexity index is 740. The maximum atomic E-state index is 12.6. The van der Waals surface area contributed by atoms with Crippen LogP contribution in [0.1, 0.15) is 31.7 Å². The van der Waals surface area contributed by atoms with Gasteiger partial charge in [-0.2, -0.15) is 0 Å².